The Kier molecular flexibility index (Phi) is 19.3. The first-order valence-corrected chi connectivity index (χ1v) is 31.9. The van der Waals surface area contributed by atoms with E-state index in [2.05, 4.69) is 23.8 Å². The molecule has 24 nitrogen and oxygen atoms in total. The van der Waals surface area contributed by atoms with E-state index in [9.17, 15) is 89.4 Å². The van der Waals surface area contributed by atoms with Gasteiger partial charge in [-0.1, -0.05) is 101 Å². The van der Waals surface area contributed by atoms with E-state index in [0.29, 0.717) is 121 Å². The Morgan fingerprint density at radius 3 is 0.958 bits per heavy atom. The van der Waals surface area contributed by atoms with Crippen molar-refractivity contribution in [3.63, 3.8) is 0 Å². The fourth-order valence-corrected chi connectivity index (χ4v) is 14.8. The number of fused-ring (bicyclic) bond motifs is 8. The summed E-state index contributed by atoms with van der Waals surface area (Å²) >= 11 is 0. The molecular weight excluding hydrogens is 1240 g/mol. The van der Waals surface area contributed by atoms with Crippen molar-refractivity contribution in [2.24, 2.45) is 0 Å². The summed E-state index contributed by atoms with van der Waals surface area (Å²) < 4.78 is 11.7. The van der Waals surface area contributed by atoms with Gasteiger partial charge in [0.15, 0.2) is 57.5 Å². The third kappa shape index (κ3) is 9.92. The Bertz CT molecular complexity index is 4180. The summed E-state index contributed by atoms with van der Waals surface area (Å²) in [7, 11) is 0. The van der Waals surface area contributed by atoms with Crippen LogP contribution >= 0.6 is 0 Å². The van der Waals surface area contributed by atoms with Crippen molar-refractivity contribution >= 4 is 92.6 Å². The summed E-state index contributed by atoms with van der Waals surface area (Å²) in [6.07, 6.45) is 15.1. The Balaban J connectivity index is 1.31. The lowest BCUT2D eigenvalue weighted by Crippen LogP contribution is -2.92. The van der Waals surface area contributed by atoms with Gasteiger partial charge in [-0.3, -0.25) is 38.4 Å². The molecule has 4 aliphatic rings. The number of unbranched alkanes of at least 4 members (excludes halogenated alkanes) is 6. The maximum atomic E-state index is 13.9. The number of H-pyrrole nitrogens is 2. The van der Waals surface area contributed by atoms with Crippen molar-refractivity contribution in [3.05, 3.63) is 118 Å². The number of carbonyl (C=O) groups is 8. The lowest BCUT2D eigenvalue weighted by molar-refractivity contribution is -0.433. The predicted molar refractivity (Wildman–Crippen MR) is 350 cm³/mol. The molecule has 0 aliphatic carbocycles. The van der Waals surface area contributed by atoms with E-state index in [1.807, 2.05) is 36.4 Å². The van der Waals surface area contributed by atoms with Gasteiger partial charge >= 0.3 is 0 Å². The lowest BCUT2D eigenvalue weighted by Gasteiger charge is -2.64. The van der Waals surface area contributed by atoms with Crippen molar-refractivity contribution in [1.82, 2.24) is 19.9 Å². The van der Waals surface area contributed by atoms with Crippen LogP contribution in [-0.2, 0) is 72.2 Å². The average Bonchev–Trinajstić information content (AvgIpc) is 0.868. The van der Waals surface area contributed by atoms with E-state index in [0.717, 1.165) is 76.3 Å². The van der Waals surface area contributed by atoms with E-state index >= 15 is 0 Å². The molecule has 0 spiro atoms. The Morgan fingerprint density at radius 1 is 0.365 bits per heavy atom. The van der Waals surface area contributed by atoms with Crippen LogP contribution in [0.5, 0.6) is 0 Å². The molecule has 0 saturated carbocycles. The number of nitrogens with one attached hydrogen (secondary N) is 2. The zero-order chi connectivity index (χ0) is 70.9. The number of hydrogen-bond donors (Lipinski definition) is 12. The highest BCUT2D eigenvalue weighted by molar-refractivity contribution is 6.11. The first-order valence-electron chi connectivity index (χ1n) is 31.9. The molecule has 2 saturated heterocycles. The molecule has 510 valence electrons. The number of aliphatic hydroxyl groups is 10. The number of nitrogens with zero attached hydrogens (tertiary/aromatic N) is 2. The highest BCUT2D eigenvalue weighted by atomic mass is 16.7. The summed E-state index contributed by atoms with van der Waals surface area (Å²) in [5.74, 6) is -19.6. The number of aromatic nitrogens is 4. The second-order valence-electron chi connectivity index (χ2n) is 25.7. The van der Waals surface area contributed by atoms with Crippen LogP contribution in [0.25, 0.3) is 68.6 Å². The smallest absolute Gasteiger partial charge is 0.234 e. The number of rotatable bonds is 24. The van der Waals surface area contributed by atoms with Crippen molar-refractivity contribution in [2.45, 2.75) is 190 Å². The number of aryl methyl sites for hydroxylation is 2. The Morgan fingerprint density at radius 2 is 0.667 bits per heavy atom. The van der Waals surface area contributed by atoms with Crippen LogP contribution in [0.2, 0.25) is 0 Å². The minimum Gasteiger partial charge on any atom is -0.393 e. The molecule has 2 aromatic carbocycles. The van der Waals surface area contributed by atoms with E-state index in [4.69, 9.17) is 19.4 Å². The van der Waals surface area contributed by atoms with Crippen molar-refractivity contribution < 1.29 is 98.9 Å². The number of ether oxygens (including phenoxy) is 2. The Hall–Kier alpha value is -8.08. The summed E-state index contributed by atoms with van der Waals surface area (Å²) in [5.41, 5.74) is -24.1. The number of benzene rings is 2. The van der Waals surface area contributed by atoms with Gasteiger partial charge in [-0.15, -0.1) is 0 Å². The highest BCUT2D eigenvalue weighted by Crippen LogP contribution is 2.60. The molecule has 12 N–H and O–H groups in total. The topological polar surface area (TPSA) is 415 Å². The molecule has 0 amide bonds. The monoisotopic (exact) mass is 1320 g/mol. The zero-order valence-corrected chi connectivity index (χ0v) is 55.2. The van der Waals surface area contributed by atoms with Crippen LogP contribution in [0.15, 0.2) is 72.8 Å². The van der Waals surface area contributed by atoms with Crippen molar-refractivity contribution in [2.75, 3.05) is 13.2 Å². The summed E-state index contributed by atoms with van der Waals surface area (Å²) in [6, 6.07) is 17.9. The van der Waals surface area contributed by atoms with E-state index in [1.165, 1.54) is 48.5 Å². The minimum atomic E-state index is -4.04. The van der Waals surface area contributed by atoms with E-state index in [-0.39, 0.29) is 0 Å². The summed E-state index contributed by atoms with van der Waals surface area (Å²) in [4.78, 5) is 127. The van der Waals surface area contributed by atoms with Gasteiger partial charge < -0.3 is 70.5 Å². The predicted octanol–water partition coefficient (Wildman–Crippen LogP) is 5.15. The lowest BCUT2D eigenvalue weighted by atomic mass is 9.53. The van der Waals surface area contributed by atoms with Crippen molar-refractivity contribution in [1.29, 1.82) is 0 Å². The molecule has 24 heteroatoms. The molecule has 7 heterocycles. The summed E-state index contributed by atoms with van der Waals surface area (Å²) in [5, 5.41) is 122. The van der Waals surface area contributed by atoms with Gasteiger partial charge in [0.25, 0.3) is 0 Å². The molecular formula is C72H82N4O20. The van der Waals surface area contributed by atoms with Crippen LogP contribution in [0.4, 0.5) is 0 Å². The van der Waals surface area contributed by atoms with E-state index < -0.39 is 127 Å². The molecule has 9 rings (SSSR count). The van der Waals surface area contributed by atoms with Crippen LogP contribution < -0.4 is 0 Å². The molecule has 4 aliphatic heterocycles. The number of hydrogen-bond acceptors (Lipinski definition) is 22. The molecule has 2 fully saturated rings. The van der Waals surface area contributed by atoms with Crippen LogP contribution in [0, 0.1) is 0 Å². The number of Topliss-reactive ketones (excluding diaryl/α,β-unsaturated/α-hetero) is 8. The second-order valence-corrected chi connectivity index (χ2v) is 25.7. The number of aliphatic hydroxyl groups excluding tert-OH is 2. The molecule has 96 heavy (non-hydrogen) atoms. The minimum absolute atomic E-state index is 0.359. The maximum Gasteiger partial charge on any atom is 0.234 e. The molecule has 0 unspecified atom stereocenters. The highest BCUT2D eigenvalue weighted by Gasteiger charge is 2.89. The summed E-state index contributed by atoms with van der Waals surface area (Å²) in [6.45, 7) is 6.24. The quantitative estimate of drug-likeness (QED) is 0.0348. The molecule has 10 atom stereocenters. The van der Waals surface area contributed by atoms with Gasteiger partial charge in [-0.2, -0.15) is 0 Å². The van der Waals surface area contributed by atoms with Crippen LogP contribution in [0.1, 0.15) is 166 Å². The van der Waals surface area contributed by atoms with Crippen molar-refractivity contribution in [3.8, 4) is 22.3 Å². The fourth-order valence-electron chi connectivity index (χ4n) is 14.8. The number of ketones is 8. The first-order chi connectivity index (χ1) is 45.0. The number of carbonyl (C=O) groups excluding carboxylic acids is 8. The molecule has 0 radical (unpaired) electrons. The van der Waals surface area contributed by atoms with Gasteiger partial charge in [0.1, 0.15) is 0 Å². The third-order valence-electron chi connectivity index (χ3n) is 20.2. The molecule has 3 aromatic heterocycles. The van der Waals surface area contributed by atoms with Gasteiger partial charge in [-0.05, 0) is 141 Å². The fraction of sp³-hybridized carbons (Fsp3) is 0.444. The molecule has 5 aromatic rings. The van der Waals surface area contributed by atoms with Gasteiger partial charge in [0.2, 0.25) is 45.2 Å². The SMILES string of the molecule is CCCCCCc1c2nc(c(-c3ccc([C@]4(O)O[C@@](CO)(C(C)=O)[C@](O)(C(C)=O)[C@@](O)(C(C)=O)[C@@]4(O)C(C)=O)cc3)c3nc(c(CCCCCC)c4ccc([nH]4)c(-c4ccc([C@]5(O)O[C@@](CO)(C(C)=O)[C@](O)(C(C)=O)[C@@](O)(C(C)=O)[C@@]5(O)C(C)=O)cc4)c4ccc1[nH]4)C=C3)C=C2. The first kappa shape index (κ1) is 72.2. The van der Waals surface area contributed by atoms with Gasteiger partial charge in [0.05, 0.1) is 36.0 Å². The largest absolute Gasteiger partial charge is 0.393 e. The standard InChI is InChI=1S/C72H82N4O20/c1-11-13-15-17-19-51-53-29-33-57(73-53)61(47-21-25-49(26-22-47)71(93)69(91,45(9)85)67(89,43(7)83)65(87,41(5)81)63(37-77,95-71)39(3)79)59-35-31-55(75-59)52(20-18-16-14-12-2)56-32-36-60(76-56)62(58-34-30-54(51)74-58)48-23-27-50(28-24-48)72(94)70(92,46(10)86)68(90,44(8)84)66(88,42(6)82)64(38-78,96-72)40(4)80/h21-36,73,75,77-78,87-94H,11-20,37-38H2,1-10H3/t63-,64-,65+,66+,67-,68-,69-,70-,71-,72-/m0/s1. The van der Waals surface area contributed by atoms with Gasteiger partial charge in [0, 0.05) is 55.4 Å². The third-order valence-corrected chi connectivity index (χ3v) is 20.2. The average molecular weight is 1320 g/mol. The normalized spacial score (nSPS) is 29.3. The second kappa shape index (κ2) is 25.7. The van der Waals surface area contributed by atoms with Crippen LogP contribution in [-0.4, -0.2) is 175 Å². The van der Waals surface area contributed by atoms with Crippen LogP contribution in [0.3, 0.4) is 0 Å². The number of aromatic amines is 2. The Labute approximate surface area is 552 Å². The maximum absolute atomic E-state index is 13.9. The van der Waals surface area contributed by atoms with E-state index in [1.54, 1.807) is 12.2 Å². The molecule has 8 bridgehead atoms. The van der Waals surface area contributed by atoms with Gasteiger partial charge in [-0.25, -0.2) is 9.97 Å². The zero-order valence-electron chi connectivity index (χ0n) is 55.2.